The summed E-state index contributed by atoms with van der Waals surface area (Å²) in [6.45, 7) is 1.88. The highest BCUT2D eigenvalue weighted by atomic mass is 35.5. The van der Waals surface area contributed by atoms with Gasteiger partial charge in [-0.2, -0.15) is 0 Å². The molecule has 94 valence electrons. The monoisotopic (exact) mass is 285 g/mol. The standard InChI is InChI=1S/C13H10Cl2FNO/c1-8-2-3-10(15)5-12(8)18-13-9(6-14)4-11(16)7-17-13/h2-5,7H,6H2,1H3. The van der Waals surface area contributed by atoms with Gasteiger partial charge >= 0.3 is 0 Å². The van der Waals surface area contributed by atoms with Crippen LogP contribution < -0.4 is 4.74 Å². The average Bonchev–Trinajstić information content (AvgIpc) is 2.36. The Hall–Kier alpha value is -1.32. The minimum atomic E-state index is -0.444. The summed E-state index contributed by atoms with van der Waals surface area (Å²) in [4.78, 5) is 3.89. The van der Waals surface area contributed by atoms with E-state index in [1.54, 1.807) is 12.1 Å². The first-order valence-electron chi connectivity index (χ1n) is 5.24. The van der Waals surface area contributed by atoms with Crippen LogP contribution in [0.1, 0.15) is 11.1 Å². The first kappa shape index (κ1) is 13.1. The summed E-state index contributed by atoms with van der Waals surface area (Å²) in [7, 11) is 0. The molecule has 5 heteroatoms. The summed E-state index contributed by atoms with van der Waals surface area (Å²) in [5, 5.41) is 0.560. The predicted octanol–water partition coefficient (Wildman–Crippen LogP) is 4.71. The predicted molar refractivity (Wildman–Crippen MR) is 70.0 cm³/mol. The van der Waals surface area contributed by atoms with Gasteiger partial charge in [-0.15, -0.1) is 11.6 Å². The maximum Gasteiger partial charge on any atom is 0.223 e. The van der Waals surface area contributed by atoms with Crippen LogP contribution in [0.3, 0.4) is 0 Å². The number of pyridine rings is 1. The van der Waals surface area contributed by atoms with Crippen molar-refractivity contribution in [1.29, 1.82) is 0 Å². The third-order valence-corrected chi connectivity index (χ3v) is 2.92. The number of ether oxygens (including phenoxy) is 1. The molecule has 0 radical (unpaired) electrons. The molecule has 0 aliphatic heterocycles. The number of aryl methyl sites for hydroxylation is 1. The number of aromatic nitrogens is 1. The first-order valence-corrected chi connectivity index (χ1v) is 6.16. The maximum absolute atomic E-state index is 13.0. The van der Waals surface area contributed by atoms with Gasteiger partial charge in [0.15, 0.2) is 0 Å². The molecule has 1 aromatic heterocycles. The number of benzene rings is 1. The van der Waals surface area contributed by atoms with E-state index in [0.29, 0.717) is 16.3 Å². The van der Waals surface area contributed by atoms with E-state index in [2.05, 4.69) is 4.98 Å². The Labute approximate surface area is 114 Å². The van der Waals surface area contributed by atoms with Gasteiger partial charge in [0, 0.05) is 10.6 Å². The molecule has 0 atom stereocenters. The highest BCUT2D eigenvalue weighted by molar-refractivity contribution is 6.30. The molecule has 0 saturated carbocycles. The second kappa shape index (κ2) is 5.55. The van der Waals surface area contributed by atoms with Crippen LogP contribution in [0.4, 0.5) is 4.39 Å². The lowest BCUT2D eigenvalue weighted by atomic mass is 10.2. The van der Waals surface area contributed by atoms with Crippen LogP contribution in [0.15, 0.2) is 30.5 Å². The lowest BCUT2D eigenvalue weighted by Gasteiger charge is -2.10. The molecule has 0 unspecified atom stereocenters. The fourth-order valence-electron chi connectivity index (χ4n) is 1.44. The summed E-state index contributed by atoms with van der Waals surface area (Å²) in [6, 6.07) is 6.58. The van der Waals surface area contributed by atoms with Crippen molar-refractivity contribution in [3.8, 4) is 11.6 Å². The molecule has 0 fully saturated rings. The summed E-state index contributed by atoms with van der Waals surface area (Å²) < 4.78 is 18.6. The van der Waals surface area contributed by atoms with Gasteiger partial charge in [-0.3, -0.25) is 0 Å². The van der Waals surface area contributed by atoms with Crippen LogP contribution in [-0.4, -0.2) is 4.98 Å². The molecule has 18 heavy (non-hydrogen) atoms. The Morgan fingerprint density at radius 1 is 1.33 bits per heavy atom. The Morgan fingerprint density at radius 2 is 2.11 bits per heavy atom. The van der Waals surface area contributed by atoms with Gasteiger partial charge in [-0.25, -0.2) is 9.37 Å². The molecule has 0 N–H and O–H groups in total. The minimum absolute atomic E-state index is 0.125. The number of alkyl halides is 1. The number of nitrogens with zero attached hydrogens (tertiary/aromatic N) is 1. The number of rotatable bonds is 3. The minimum Gasteiger partial charge on any atom is -0.438 e. The van der Waals surface area contributed by atoms with Crippen molar-refractivity contribution in [2.24, 2.45) is 0 Å². The van der Waals surface area contributed by atoms with Crippen molar-refractivity contribution < 1.29 is 9.13 Å². The molecule has 0 bridgehead atoms. The van der Waals surface area contributed by atoms with Gasteiger partial charge in [0.05, 0.1) is 12.1 Å². The van der Waals surface area contributed by atoms with Crippen molar-refractivity contribution in [2.75, 3.05) is 0 Å². The maximum atomic E-state index is 13.0. The zero-order chi connectivity index (χ0) is 13.1. The van der Waals surface area contributed by atoms with Crippen LogP contribution in [-0.2, 0) is 5.88 Å². The van der Waals surface area contributed by atoms with Crippen molar-refractivity contribution >= 4 is 23.2 Å². The van der Waals surface area contributed by atoms with Gasteiger partial charge in [-0.05, 0) is 30.7 Å². The first-order chi connectivity index (χ1) is 8.60. The van der Waals surface area contributed by atoms with Crippen LogP contribution in [0, 0.1) is 12.7 Å². The van der Waals surface area contributed by atoms with Crippen molar-refractivity contribution in [2.45, 2.75) is 12.8 Å². The van der Waals surface area contributed by atoms with E-state index >= 15 is 0 Å². The Balaban J connectivity index is 2.36. The lowest BCUT2D eigenvalue weighted by molar-refractivity contribution is 0.451. The van der Waals surface area contributed by atoms with E-state index in [1.165, 1.54) is 6.07 Å². The molecule has 2 nitrogen and oxygen atoms in total. The van der Waals surface area contributed by atoms with E-state index in [4.69, 9.17) is 27.9 Å². The molecule has 0 spiro atoms. The number of halogens is 3. The lowest BCUT2D eigenvalue weighted by Crippen LogP contribution is -1.95. The van der Waals surface area contributed by atoms with Crippen molar-refractivity contribution in [3.63, 3.8) is 0 Å². The quantitative estimate of drug-likeness (QED) is 0.762. The normalized spacial score (nSPS) is 10.4. The molecule has 1 heterocycles. The molecule has 0 aliphatic carbocycles. The highest BCUT2D eigenvalue weighted by Crippen LogP contribution is 2.29. The summed E-state index contributed by atoms with van der Waals surface area (Å²) in [6.07, 6.45) is 1.09. The van der Waals surface area contributed by atoms with E-state index in [1.807, 2.05) is 13.0 Å². The highest BCUT2D eigenvalue weighted by Gasteiger charge is 2.09. The van der Waals surface area contributed by atoms with Crippen LogP contribution in [0.25, 0.3) is 0 Å². The molecular formula is C13H10Cl2FNO. The van der Waals surface area contributed by atoms with Gasteiger partial charge in [0.25, 0.3) is 0 Å². The van der Waals surface area contributed by atoms with Crippen molar-refractivity contribution in [1.82, 2.24) is 4.98 Å². The Kier molecular flexibility index (Phi) is 4.04. The Bertz CT molecular complexity index is 575. The molecule has 1 aromatic carbocycles. The second-order valence-corrected chi connectivity index (χ2v) is 4.47. The fraction of sp³-hybridized carbons (Fsp3) is 0.154. The largest absolute Gasteiger partial charge is 0.438 e. The smallest absolute Gasteiger partial charge is 0.223 e. The molecule has 0 aliphatic rings. The van der Waals surface area contributed by atoms with Crippen LogP contribution in [0.2, 0.25) is 5.02 Å². The second-order valence-electron chi connectivity index (χ2n) is 3.76. The van der Waals surface area contributed by atoms with E-state index in [-0.39, 0.29) is 11.8 Å². The molecular weight excluding hydrogens is 276 g/mol. The zero-order valence-electron chi connectivity index (χ0n) is 9.58. The third kappa shape index (κ3) is 2.92. The van der Waals surface area contributed by atoms with E-state index in [0.717, 1.165) is 11.8 Å². The molecule has 0 amide bonds. The van der Waals surface area contributed by atoms with Crippen molar-refractivity contribution in [3.05, 3.63) is 52.4 Å². The summed E-state index contributed by atoms with van der Waals surface area (Å²) in [5.74, 6) is 0.547. The molecule has 2 aromatic rings. The van der Waals surface area contributed by atoms with Gasteiger partial charge in [-0.1, -0.05) is 17.7 Å². The van der Waals surface area contributed by atoms with E-state index < -0.39 is 5.82 Å². The molecule has 2 rings (SSSR count). The summed E-state index contributed by atoms with van der Waals surface area (Å²) in [5.41, 5.74) is 1.40. The van der Waals surface area contributed by atoms with E-state index in [9.17, 15) is 4.39 Å². The zero-order valence-corrected chi connectivity index (χ0v) is 11.1. The van der Waals surface area contributed by atoms with Gasteiger partial charge < -0.3 is 4.74 Å². The third-order valence-electron chi connectivity index (χ3n) is 2.39. The van der Waals surface area contributed by atoms with Gasteiger partial charge in [0.1, 0.15) is 11.6 Å². The topological polar surface area (TPSA) is 22.1 Å². The van der Waals surface area contributed by atoms with Crippen LogP contribution in [0.5, 0.6) is 11.6 Å². The SMILES string of the molecule is Cc1ccc(Cl)cc1Oc1ncc(F)cc1CCl. The van der Waals surface area contributed by atoms with Crippen LogP contribution >= 0.6 is 23.2 Å². The molecule has 0 saturated heterocycles. The fourth-order valence-corrected chi connectivity index (χ4v) is 1.80. The van der Waals surface area contributed by atoms with Gasteiger partial charge in [0.2, 0.25) is 5.88 Å². The number of hydrogen-bond acceptors (Lipinski definition) is 2. The average molecular weight is 286 g/mol. The summed E-state index contributed by atoms with van der Waals surface area (Å²) >= 11 is 11.6. The number of hydrogen-bond donors (Lipinski definition) is 0. The Morgan fingerprint density at radius 3 is 2.83 bits per heavy atom.